The Bertz CT molecular complexity index is 945. The molecule has 3 aromatic rings. The molecule has 0 aliphatic heterocycles. The zero-order valence-electron chi connectivity index (χ0n) is 11.5. The van der Waals surface area contributed by atoms with Crippen LogP contribution in [-0.4, -0.2) is 34.7 Å². The maximum absolute atomic E-state index is 11.6. The molecule has 0 unspecified atom stereocenters. The zero-order valence-corrected chi connectivity index (χ0v) is 12.3. The number of hydrogen-bond donors (Lipinski definition) is 2. The van der Waals surface area contributed by atoms with E-state index < -0.39 is 9.84 Å². The molecule has 6 nitrogen and oxygen atoms in total. The number of pyridine rings is 1. The molecule has 0 amide bonds. The van der Waals surface area contributed by atoms with Gasteiger partial charge in [0.1, 0.15) is 11.6 Å². The number of fused-ring (bicyclic) bond motifs is 1. The first-order valence-electron chi connectivity index (χ1n) is 6.20. The molecule has 7 heteroatoms. The van der Waals surface area contributed by atoms with E-state index in [0.717, 1.165) is 6.26 Å². The van der Waals surface area contributed by atoms with Crippen LogP contribution in [0.15, 0.2) is 35.4 Å². The molecule has 21 heavy (non-hydrogen) atoms. The number of hydrogen-bond acceptors (Lipinski definition) is 5. The summed E-state index contributed by atoms with van der Waals surface area (Å²) < 4.78 is 23.1. The number of aromatic amines is 1. The molecule has 1 aromatic carbocycles. The summed E-state index contributed by atoms with van der Waals surface area (Å²) in [5.41, 5.74) is 2.38. The lowest BCUT2D eigenvalue weighted by Gasteiger charge is -2.00. The van der Waals surface area contributed by atoms with Crippen LogP contribution in [0.2, 0.25) is 0 Å². The topological polar surface area (TPSA) is 95.9 Å². The van der Waals surface area contributed by atoms with Crippen LogP contribution in [0.4, 0.5) is 0 Å². The molecule has 2 aromatic heterocycles. The molecule has 0 radical (unpaired) electrons. The minimum absolute atomic E-state index is 0.0740. The fraction of sp³-hybridized carbons (Fsp3) is 0.143. The number of sulfone groups is 1. The molecular weight excluding hydrogens is 290 g/mol. The summed E-state index contributed by atoms with van der Waals surface area (Å²) in [6.07, 6.45) is 2.68. The fourth-order valence-electron chi connectivity index (χ4n) is 2.07. The predicted molar refractivity (Wildman–Crippen MR) is 78.8 cm³/mol. The molecule has 0 atom stereocenters. The third-order valence-corrected chi connectivity index (χ3v) is 4.27. The van der Waals surface area contributed by atoms with Crippen LogP contribution in [0.5, 0.6) is 5.75 Å². The highest BCUT2D eigenvalue weighted by Gasteiger charge is 2.13. The SMILES string of the molecule is Cc1cc(O)c(-c2nc3ccc(S(C)(=O)=O)cc3[nH]2)cn1. The minimum atomic E-state index is -3.27. The summed E-state index contributed by atoms with van der Waals surface area (Å²) in [5.74, 6) is 0.519. The van der Waals surface area contributed by atoms with E-state index in [9.17, 15) is 13.5 Å². The lowest BCUT2D eigenvalue weighted by atomic mass is 10.2. The Kier molecular flexibility index (Phi) is 2.94. The number of aromatic nitrogens is 3. The number of H-pyrrole nitrogens is 1. The van der Waals surface area contributed by atoms with Crippen LogP contribution < -0.4 is 0 Å². The summed E-state index contributed by atoms with van der Waals surface area (Å²) >= 11 is 0. The van der Waals surface area contributed by atoms with Crippen molar-refractivity contribution in [2.24, 2.45) is 0 Å². The molecule has 0 aliphatic rings. The van der Waals surface area contributed by atoms with Gasteiger partial charge in [-0.3, -0.25) is 4.98 Å². The maximum atomic E-state index is 11.6. The Morgan fingerprint density at radius 1 is 1.24 bits per heavy atom. The van der Waals surface area contributed by atoms with Crippen molar-refractivity contribution in [1.82, 2.24) is 15.0 Å². The van der Waals surface area contributed by atoms with Crippen molar-refractivity contribution in [2.45, 2.75) is 11.8 Å². The van der Waals surface area contributed by atoms with Crippen LogP contribution in [0.25, 0.3) is 22.4 Å². The number of benzene rings is 1. The second-order valence-electron chi connectivity index (χ2n) is 4.88. The number of aromatic hydroxyl groups is 1. The third kappa shape index (κ3) is 2.47. The molecule has 3 rings (SSSR count). The van der Waals surface area contributed by atoms with E-state index in [4.69, 9.17) is 0 Å². The summed E-state index contributed by atoms with van der Waals surface area (Å²) in [7, 11) is -3.27. The van der Waals surface area contributed by atoms with Crippen molar-refractivity contribution in [3.63, 3.8) is 0 Å². The van der Waals surface area contributed by atoms with Gasteiger partial charge in [-0.25, -0.2) is 13.4 Å². The highest BCUT2D eigenvalue weighted by Crippen LogP contribution is 2.28. The Morgan fingerprint density at radius 2 is 2.00 bits per heavy atom. The van der Waals surface area contributed by atoms with Gasteiger partial charge in [0.25, 0.3) is 0 Å². The van der Waals surface area contributed by atoms with Crippen molar-refractivity contribution in [3.8, 4) is 17.1 Å². The fourth-order valence-corrected chi connectivity index (χ4v) is 2.72. The molecule has 0 saturated heterocycles. The Morgan fingerprint density at radius 3 is 2.67 bits per heavy atom. The molecule has 2 heterocycles. The molecule has 0 spiro atoms. The van der Waals surface area contributed by atoms with Gasteiger partial charge in [0.05, 0.1) is 21.5 Å². The average Bonchev–Trinajstić information content (AvgIpc) is 2.79. The van der Waals surface area contributed by atoms with Gasteiger partial charge in [-0.15, -0.1) is 0 Å². The van der Waals surface area contributed by atoms with Gasteiger partial charge in [-0.2, -0.15) is 0 Å². The van der Waals surface area contributed by atoms with E-state index in [-0.39, 0.29) is 10.6 Å². The van der Waals surface area contributed by atoms with Crippen molar-refractivity contribution >= 4 is 20.9 Å². The van der Waals surface area contributed by atoms with Crippen LogP contribution in [-0.2, 0) is 9.84 Å². The maximum Gasteiger partial charge on any atom is 0.175 e. The van der Waals surface area contributed by atoms with Gasteiger partial charge in [-0.1, -0.05) is 0 Å². The van der Waals surface area contributed by atoms with Gasteiger partial charge < -0.3 is 10.1 Å². The quantitative estimate of drug-likeness (QED) is 0.755. The van der Waals surface area contributed by atoms with Crippen LogP contribution in [0, 0.1) is 6.92 Å². The van der Waals surface area contributed by atoms with Crippen LogP contribution in [0.1, 0.15) is 5.69 Å². The minimum Gasteiger partial charge on any atom is -0.507 e. The zero-order chi connectivity index (χ0) is 15.2. The summed E-state index contributed by atoms with van der Waals surface area (Å²) in [6.45, 7) is 1.78. The number of nitrogens with zero attached hydrogens (tertiary/aromatic N) is 2. The van der Waals surface area contributed by atoms with E-state index in [0.29, 0.717) is 28.1 Å². The monoisotopic (exact) mass is 303 g/mol. The Hall–Kier alpha value is -2.41. The van der Waals surface area contributed by atoms with Crippen molar-refractivity contribution in [3.05, 3.63) is 36.2 Å². The summed E-state index contributed by atoms with van der Waals surface area (Å²) in [6, 6.07) is 6.21. The molecule has 2 N–H and O–H groups in total. The standard InChI is InChI=1S/C14H13N3O3S/c1-8-5-13(18)10(7-15-8)14-16-11-4-3-9(21(2,19)20)6-12(11)17-14/h3-7H,1-2H3,(H,15,18)(H,16,17). The Balaban J connectivity index is 2.17. The molecular formula is C14H13N3O3S. The number of imidazole rings is 1. The highest BCUT2D eigenvalue weighted by atomic mass is 32.2. The van der Waals surface area contributed by atoms with Gasteiger partial charge >= 0.3 is 0 Å². The normalized spacial score (nSPS) is 11.9. The average molecular weight is 303 g/mol. The molecule has 0 aliphatic carbocycles. The first kappa shape index (κ1) is 13.6. The van der Waals surface area contributed by atoms with Gasteiger partial charge in [-0.05, 0) is 25.1 Å². The summed E-state index contributed by atoms with van der Waals surface area (Å²) in [5, 5.41) is 9.96. The van der Waals surface area contributed by atoms with E-state index in [1.807, 2.05) is 0 Å². The Labute approximate surface area is 121 Å². The second-order valence-corrected chi connectivity index (χ2v) is 6.90. The van der Waals surface area contributed by atoms with Crippen LogP contribution in [0.3, 0.4) is 0 Å². The van der Waals surface area contributed by atoms with Crippen molar-refractivity contribution < 1.29 is 13.5 Å². The van der Waals surface area contributed by atoms with Gasteiger partial charge in [0, 0.05) is 24.2 Å². The third-order valence-electron chi connectivity index (χ3n) is 3.16. The van der Waals surface area contributed by atoms with E-state index in [2.05, 4.69) is 15.0 Å². The highest BCUT2D eigenvalue weighted by molar-refractivity contribution is 7.90. The number of rotatable bonds is 2. The lowest BCUT2D eigenvalue weighted by molar-refractivity contribution is 0.475. The van der Waals surface area contributed by atoms with Gasteiger partial charge in [0.2, 0.25) is 0 Å². The van der Waals surface area contributed by atoms with Gasteiger partial charge in [0.15, 0.2) is 9.84 Å². The van der Waals surface area contributed by atoms with E-state index >= 15 is 0 Å². The van der Waals surface area contributed by atoms with E-state index in [1.54, 1.807) is 19.1 Å². The predicted octanol–water partition coefficient (Wildman–Crippen LogP) is 2.04. The smallest absolute Gasteiger partial charge is 0.175 e. The van der Waals surface area contributed by atoms with Crippen molar-refractivity contribution in [2.75, 3.05) is 6.26 Å². The largest absolute Gasteiger partial charge is 0.507 e. The summed E-state index contributed by atoms with van der Waals surface area (Å²) in [4.78, 5) is 11.7. The van der Waals surface area contributed by atoms with Crippen LogP contribution >= 0.6 is 0 Å². The molecule has 0 fully saturated rings. The molecule has 0 bridgehead atoms. The first-order valence-corrected chi connectivity index (χ1v) is 8.09. The number of aryl methyl sites for hydroxylation is 1. The lowest BCUT2D eigenvalue weighted by Crippen LogP contribution is -1.96. The first-order chi connectivity index (χ1) is 9.84. The molecule has 108 valence electrons. The number of nitrogens with one attached hydrogen (secondary N) is 1. The van der Waals surface area contributed by atoms with Crippen molar-refractivity contribution in [1.29, 1.82) is 0 Å². The second kappa shape index (κ2) is 4.56. The molecule has 0 saturated carbocycles. The van der Waals surface area contributed by atoms with E-state index in [1.165, 1.54) is 18.3 Å².